The van der Waals surface area contributed by atoms with Crippen LogP contribution in [0.3, 0.4) is 0 Å². The van der Waals surface area contributed by atoms with Crippen molar-refractivity contribution in [2.75, 3.05) is 0 Å². The second kappa shape index (κ2) is 12.9. The van der Waals surface area contributed by atoms with Crippen molar-refractivity contribution in [3.63, 3.8) is 0 Å². The Bertz CT molecular complexity index is 3190. The van der Waals surface area contributed by atoms with E-state index in [1.165, 1.54) is 47.9 Å². The van der Waals surface area contributed by atoms with Gasteiger partial charge in [-0.15, -0.1) is 11.3 Å². The lowest BCUT2D eigenvalue weighted by molar-refractivity contribution is 0.411. The number of rotatable bonds is 5. The molecule has 57 heavy (non-hydrogen) atoms. The predicted molar refractivity (Wildman–Crippen MR) is 237 cm³/mol. The van der Waals surface area contributed by atoms with E-state index in [1.54, 1.807) is 0 Å². The van der Waals surface area contributed by atoms with E-state index in [1.807, 2.05) is 23.5 Å². The van der Waals surface area contributed by atoms with E-state index in [-0.39, 0.29) is 18.4 Å². The Hall–Kier alpha value is -6.73. The van der Waals surface area contributed by atoms with Crippen LogP contribution in [0.25, 0.3) is 71.0 Å². The van der Waals surface area contributed by atoms with Gasteiger partial charge in [0.15, 0.2) is 0 Å². The Morgan fingerprint density at radius 2 is 1.37 bits per heavy atom. The maximum atomic E-state index is 6.75. The Labute approximate surface area is 333 Å². The van der Waals surface area contributed by atoms with Gasteiger partial charge in [-0.05, 0) is 65.6 Å². The number of hydrogen-bond donors (Lipinski definition) is 2. The van der Waals surface area contributed by atoms with Crippen molar-refractivity contribution in [3.05, 3.63) is 197 Å². The van der Waals surface area contributed by atoms with Crippen molar-refractivity contribution < 1.29 is 4.42 Å². The molecule has 0 spiro atoms. The molecule has 272 valence electrons. The van der Waals surface area contributed by atoms with Crippen molar-refractivity contribution in [1.82, 2.24) is 15.2 Å². The van der Waals surface area contributed by atoms with E-state index < -0.39 is 0 Å². The van der Waals surface area contributed by atoms with E-state index in [9.17, 15) is 0 Å². The molecule has 0 saturated heterocycles. The molecule has 12 rings (SSSR count). The quantitative estimate of drug-likeness (QED) is 0.184. The van der Waals surface area contributed by atoms with Gasteiger partial charge in [0.1, 0.15) is 29.3 Å². The molecule has 0 bridgehead atoms. The Kier molecular flexibility index (Phi) is 7.37. The summed E-state index contributed by atoms with van der Waals surface area (Å²) in [4.78, 5) is 6.48. The number of aliphatic imine (C=N–C) groups is 1. The van der Waals surface area contributed by atoms with Gasteiger partial charge in [0, 0.05) is 64.2 Å². The molecule has 3 aromatic heterocycles. The standard InChI is InChI=1S/C51H36N4OS/c1-3-14-31(15-4-1)49-52-50(32-16-5-2-6-17-32)54-51(53-49)38-21-11-25-42-46(38)37-29-28-33(30-43(37)56-42)34-20-12-26-44-47(34)48-41(24-13-27-45(48)57-44)55-39-22-9-7-18-35(39)36-19-8-10-23-40(36)55/h1-23,25-30,41,49,51,53H,24H2,(H,52,54). The zero-order chi connectivity index (χ0) is 37.5. The lowest BCUT2D eigenvalue weighted by Gasteiger charge is -2.32. The van der Waals surface area contributed by atoms with Gasteiger partial charge in [-0.25, -0.2) is 4.99 Å². The fourth-order valence-electron chi connectivity index (χ4n) is 9.36. The van der Waals surface area contributed by atoms with Gasteiger partial charge in [-0.3, -0.25) is 5.32 Å². The SMILES string of the molecule is C1=Cc2sc3cccc(-c4ccc5c(c4)oc4cccc(C6NC(c7ccccc7)=NC(c7ccccc7)N6)c45)c3c2C(n2c3ccccc3c3ccccc32)C1. The molecule has 0 radical (unpaired) electrons. The highest BCUT2D eigenvalue weighted by Crippen LogP contribution is 2.48. The van der Waals surface area contributed by atoms with Gasteiger partial charge in [-0.2, -0.15) is 0 Å². The van der Waals surface area contributed by atoms with Gasteiger partial charge in [0.05, 0.1) is 6.04 Å². The van der Waals surface area contributed by atoms with E-state index in [2.05, 4.69) is 179 Å². The smallest absolute Gasteiger partial charge is 0.136 e. The molecule has 0 fully saturated rings. The summed E-state index contributed by atoms with van der Waals surface area (Å²) in [6.07, 6.45) is 5.21. The van der Waals surface area contributed by atoms with E-state index in [4.69, 9.17) is 9.41 Å². The summed E-state index contributed by atoms with van der Waals surface area (Å²) in [7, 11) is 0. The average Bonchev–Trinajstić information content (AvgIpc) is 3.96. The van der Waals surface area contributed by atoms with Crippen LogP contribution < -0.4 is 10.6 Å². The largest absolute Gasteiger partial charge is 0.456 e. The molecule has 3 atom stereocenters. The number of allylic oxidation sites excluding steroid dienone is 1. The van der Waals surface area contributed by atoms with Crippen LogP contribution in [0.15, 0.2) is 179 Å². The number of fused-ring (bicyclic) bond motifs is 9. The molecule has 1 aliphatic carbocycles. The van der Waals surface area contributed by atoms with E-state index in [0.29, 0.717) is 0 Å². The molecule has 0 saturated carbocycles. The zero-order valence-corrected chi connectivity index (χ0v) is 31.7. The highest BCUT2D eigenvalue weighted by Gasteiger charge is 2.30. The third kappa shape index (κ3) is 5.15. The molecule has 6 heteroatoms. The number of furan rings is 1. The van der Waals surface area contributed by atoms with Crippen LogP contribution in [0.5, 0.6) is 0 Å². The molecule has 3 unspecified atom stereocenters. The van der Waals surface area contributed by atoms with Gasteiger partial charge in [0.2, 0.25) is 0 Å². The Morgan fingerprint density at radius 1 is 0.632 bits per heavy atom. The second-order valence-corrected chi connectivity index (χ2v) is 16.1. The van der Waals surface area contributed by atoms with Crippen molar-refractivity contribution in [2.45, 2.75) is 24.8 Å². The number of nitrogens with one attached hydrogen (secondary N) is 2. The van der Waals surface area contributed by atoms with E-state index >= 15 is 0 Å². The van der Waals surface area contributed by atoms with Crippen LogP contribution in [-0.4, -0.2) is 10.4 Å². The molecule has 2 aliphatic rings. The van der Waals surface area contributed by atoms with Crippen LogP contribution in [-0.2, 0) is 0 Å². The number of thiophene rings is 1. The fraction of sp³-hybridized carbons (Fsp3) is 0.0784. The lowest BCUT2D eigenvalue weighted by atomic mass is 9.90. The molecule has 10 aromatic rings. The number of para-hydroxylation sites is 2. The minimum atomic E-state index is -0.217. The number of amidine groups is 1. The minimum Gasteiger partial charge on any atom is -0.456 e. The minimum absolute atomic E-state index is 0.168. The van der Waals surface area contributed by atoms with Crippen molar-refractivity contribution in [2.24, 2.45) is 4.99 Å². The Morgan fingerprint density at radius 3 is 2.18 bits per heavy atom. The summed E-state index contributed by atoms with van der Waals surface area (Å²) in [6, 6.07) is 58.7. The van der Waals surface area contributed by atoms with E-state index in [0.717, 1.165) is 56.4 Å². The average molecular weight is 753 g/mol. The number of aromatic nitrogens is 1. The predicted octanol–water partition coefficient (Wildman–Crippen LogP) is 12.9. The molecule has 0 amide bonds. The van der Waals surface area contributed by atoms with Crippen molar-refractivity contribution in [1.29, 1.82) is 0 Å². The second-order valence-electron chi connectivity index (χ2n) is 15.1. The summed E-state index contributed by atoms with van der Waals surface area (Å²) < 4.78 is 10.6. The van der Waals surface area contributed by atoms with Crippen molar-refractivity contribution >= 4 is 77.1 Å². The maximum Gasteiger partial charge on any atom is 0.136 e. The Balaban J connectivity index is 0.990. The fourth-order valence-corrected chi connectivity index (χ4v) is 10.6. The van der Waals surface area contributed by atoms with Crippen LogP contribution in [0.4, 0.5) is 0 Å². The summed E-state index contributed by atoms with van der Waals surface area (Å²) >= 11 is 1.90. The summed E-state index contributed by atoms with van der Waals surface area (Å²) in [5, 5.41) is 13.7. The molecule has 5 nitrogen and oxygen atoms in total. The molecule has 4 heterocycles. The zero-order valence-electron chi connectivity index (χ0n) is 30.9. The summed E-state index contributed by atoms with van der Waals surface area (Å²) in [6.45, 7) is 0. The van der Waals surface area contributed by atoms with Gasteiger partial charge in [-0.1, -0.05) is 133 Å². The van der Waals surface area contributed by atoms with Gasteiger partial charge >= 0.3 is 0 Å². The molecular formula is C51H36N4OS. The summed E-state index contributed by atoms with van der Waals surface area (Å²) in [5.74, 6) is 0.863. The topological polar surface area (TPSA) is 54.5 Å². The normalized spacial score (nSPS) is 18.0. The molecule has 2 N–H and O–H groups in total. The first kappa shape index (κ1) is 32.5. The first-order valence-corrected chi connectivity index (χ1v) is 20.4. The lowest BCUT2D eigenvalue weighted by Crippen LogP contribution is -2.45. The third-order valence-corrected chi connectivity index (χ3v) is 13.0. The first-order valence-electron chi connectivity index (χ1n) is 19.6. The summed E-state index contributed by atoms with van der Waals surface area (Å²) in [5.41, 5.74) is 11.4. The number of nitrogens with zero attached hydrogens (tertiary/aromatic N) is 2. The molecular weight excluding hydrogens is 717 g/mol. The van der Waals surface area contributed by atoms with Crippen LogP contribution in [0.1, 0.15) is 51.9 Å². The van der Waals surface area contributed by atoms with Gasteiger partial charge in [0.25, 0.3) is 0 Å². The van der Waals surface area contributed by atoms with Crippen LogP contribution in [0.2, 0.25) is 0 Å². The monoisotopic (exact) mass is 752 g/mol. The highest BCUT2D eigenvalue weighted by atomic mass is 32.1. The highest BCUT2D eigenvalue weighted by molar-refractivity contribution is 7.20. The van der Waals surface area contributed by atoms with Crippen LogP contribution >= 0.6 is 11.3 Å². The van der Waals surface area contributed by atoms with Gasteiger partial charge < -0.3 is 14.3 Å². The first-order chi connectivity index (χ1) is 28.3. The third-order valence-electron chi connectivity index (χ3n) is 11.8. The number of benzene rings is 7. The number of hydrogen-bond acceptors (Lipinski definition) is 5. The van der Waals surface area contributed by atoms with Crippen molar-refractivity contribution in [3.8, 4) is 11.1 Å². The molecule has 7 aromatic carbocycles. The maximum absolute atomic E-state index is 6.75. The van der Waals surface area contributed by atoms with Crippen LogP contribution in [0, 0.1) is 0 Å². The molecule has 1 aliphatic heterocycles.